The molecule has 0 fully saturated rings. The van der Waals surface area contributed by atoms with Crippen molar-refractivity contribution in [1.82, 2.24) is 0 Å². The zero-order valence-corrected chi connectivity index (χ0v) is 9.09. The van der Waals surface area contributed by atoms with Crippen molar-refractivity contribution in [2.75, 3.05) is 6.61 Å². The van der Waals surface area contributed by atoms with Crippen LogP contribution in [0.4, 0.5) is 0 Å². The van der Waals surface area contributed by atoms with Crippen LogP contribution in [0.1, 0.15) is 30.0 Å². The van der Waals surface area contributed by atoms with Crippen LogP contribution >= 0.6 is 11.6 Å². The fourth-order valence-corrected chi connectivity index (χ4v) is 1.93. The lowest BCUT2D eigenvalue weighted by atomic mass is 9.98. The summed E-state index contributed by atoms with van der Waals surface area (Å²) in [6.07, 6.45) is 1.48. The minimum Gasteiger partial charge on any atom is -0.396 e. The van der Waals surface area contributed by atoms with Gasteiger partial charge in [0.15, 0.2) is 0 Å². The molecule has 3 heteroatoms. The maximum atomic E-state index is 8.71. The highest BCUT2D eigenvalue weighted by atomic mass is 35.5. The molecule has 0 saturated heterocycles. The maximum Gasteiger partial charge on any atom is 0.0456 e. The summed E-state index contributed by atoms with van der Waals surface area (Å²) in [4.78, 5) is 0. The van der Waals surface area contributed by atoms with Crippen molar-refractivity contribution in [1.29, 1.82) is 0 Å². The van der Waals surface area contributed by atoms with Crippen LogP contribution in [0.3, 0.4) is 0 Å². The molecular weight excluding hydrogens is 198 g/mol. The van der Waals surface area contributed by atoms with Crippen LogP contribution in [0, 0.1) is 6.92 Å². The number of benzene rings is 1. The first-order chi connectivity index (χ1) is 6.66. The van der Waals surface area contributed by atoms with Crippen molar-refractivity contribution in [3.8, 4) is 0 Å². The highest BCUT2D eigenvalue weighted by Gasteiger charge is 2.11. The predicted molar refractivity (Wildman–Crippen MR) is 59.4 cm³/mol. The van der Waals surface area contributed by atoms with Crippen molar-refractivity contribution < 1.29 is 5.11 Å². The van der Waals surface area contributed by atoms with Gasteiger partial charge in [0.1, 0.15) is 0 Å². The van der Waals surface area contributed by atoms with Gasteiger partial charge < -0.3 is 10.8 Å². The third-order valence-corrected chi connectivity index (χ3v) is 2.64. The van der Waals surface area contributed by atoms with Crippen LogP contribution in [0.25, 0.3) is 0 Å². The minimum atomic E-state index is -0.0733. The predicted octanol–water partition coefficient (Wildman–Crippen LogP) is 2.42. The Morgan fingerprint density at radius 2 is 2.21 bits per heavy atom. The Morgan fingerprint density at radius 3 is 2.79 bits per heavy atom. The minimum absolute atomic E-state index is 0.0733. The van der Waals surface area contributed by atoms with E-state index in [1.807, 2.05) is 25.1 Å². The summed E-state index contributed by atoms with van der Waals surface area (Å²) in [6.45, 7) is 2.18. The van der Waals surface area contributed by atoms with Gasteiger partial charge in [-0.15, -0.1) is 0 Å². The van der Waals surface area contributed by atoms with Crippen molar-refractivity contribution in [3.63, 3.8) is 0 Å². The van der Waals surface area contributed by atoms with Crippen molar-refractivity contribution >= 4 is 11.6 Å². The Labute approximate surface area is 89.7 Å². The van der Waals surface area contributed by atoms with Gasteiger partial charge in [0.2, 0.25) is 0 Å². The average Bonchev–Trinajstić information content (AvgIpc) is 2.14. The molecule has 0 spiro atoms. The van der Waals surface area contributed by atoms with Crippen LogP contribution in [0.2, 0.25) is 5.02 Å². The molecule has 0 bridgehead atoms. The first kappa shape index (κ1) is 11.5. The van der Waals surface area contributed by atoms with E-state index in [1.165, 1.54) is 0 Å². The third kappa shape index (κ3) is 2.71. The lowest BCUT2D eigenvalue weighted by Crippen LogP contribution is -2.12. The molecule has 2 nitrogen and oxygen atoms in total. The van der Waals surface area contributed by atoms with E-state index in [4.69, 9.17) is 22.4 Å². The van der Waals surface area contributed by atoms with Gasteiger partial charge in [0, 0.05) is 17.7 Å². The molecule has 3 N–H and O–H groups in total. The summed E-state index contributed by atoms with van der Waals surface area (Å²) < 4.78 is 0. The van der Waals surface area contributed by atoms with Crippen LogP contribution in [0.5, 0.6) is 0 Å². The number of aliphatic hydroxyl groups is 1. The van der Waals surface area contributed by atoms with Crippen molar-refractivity contribution in [3.05, 3.63) is 34.3 Å². The normalized spacial score (nSPS) is 12.9. The summed E-state index contributed by atoms with van der Waals surface area (Å²) >= 11 is 6.06. The second-order valence-corrected chi connectivity index (χ2v) is 3.85. The zero-order chi connectivity index (χ0) is 10.6. The molecule has 14 heavy (non-hydrogen) atoms. The van der Waals surface area contributed by atoms with E-state index in [0.717, 1.165) is 22.6 Å². The number of halogens is 1. The average molecular weight is 214 g/mol. The van der Waals surface area contributed by atoms with E-state index in [2.05, 4.69) is 0 Å². The largest absolute Gasteiger partial charge is 0.396 e. The molecular formula is C11H16ClNO. The number of aliphatic hydroxyl groups excluding tert-OH is 1. The lowest BCUT2D eigenvalue weighted by Gasteiger charge is -2.15. The standard InChI is InChI=1S/C11H16ClNO/c1-8-4-2-5-9(12)11(8)10(13)6-3-7-14/h2,4-5,10,14H,3,6-7,13H2,1H3/t10-/m1/s1. The molecule has 78 valence electrons. The molecule has 1 aromatic carbocycles. The molecule has 1 rings (SSSR count). The van der Waals surface area contributed by atoms with E-state index in [-0.39, 0.29) is 12.6 Å². The first-order valence-electron chi connectivity index (χ1n) is 4.78. The van der Waals surface area contributed by atoms with E-state index in [1.54, 1.807) is 0 Å². The van der Waals surface area contributed by atoms with Gasteiger partial charge in [-0.05, 0) is 37.0 Å². The lowest BCUT2D eigenvalue weighted by molar-refractivity contribution is 0.280. The van der Waals surface area contributed by atoms with Crippen molar-refractivity contribution in [2.45, 2.75) is 25.8 Å². The molecule has 0 aliphatic heterocycles. The Morgan fingerprint density at radius 1 is 1.50 bits per heavy atom. The smallest absolute Gasteiger partial charge is 0.0456 e. The van der Waals surface area contributed by atoms with E-state index in [0.29, 0.717) is 6.42 Å². The SMILES string of the molecule is Cc1cccc(Cl)c1[C@H](N)CCCO. The highest BCUT2D eigenvalue weighted by molar-refractivity contribution is 6.31. The number of hydrogen-bond acceptors (Lipinski definition) is 2. The first-order valence-corrected chi connectivity index (χ1v) is 5.16. The summed E-state index contributed by atoms with van der Waals surface area (Å²) in [6, 6.07) is 5.69. The highest BCUT2D eigenvalue weighted by Crippen LogP contribution is 2.27. The topological polar surface area (TPSA) is 46.2 Å². The van der Waals surface area contributed by atoms with E-state index >= 15 is 0 Å². The zero-order valence-electron chi connectivity index (χ0n) is 8.33. The molecule has 1 atom stereocenters. The number of aryl methyl sites for hydroxylation is 1. The van der Waals surface area contributed by atoms with Crippen LogP contribution in [-0.2, 0) is 0 Å². The molecule has 0 aliphatic rings. The molecule has 0 unspecified atom stereocenters. The van der Waals surface area contributed by atoms with Gasteiger partial charge in [-0.1, -0.05) is 23.7 Å². The monoisotopic (exact) mass is 213 g/mol. The van der Waals surface area contributed by atoms with E-state index < -0.39 is 0 Å². The Kier molecular flexibility index (Phi) is 4.39. The quantitative estimate of drug-likeness (QED) is 0.807. The van der Waals surface area contributed by atoms with Crippen molar-refractivity contribution in [2.24, 2.45) is 5.73 Å². The Balaban J connectivity index is 2.82. The third-order valence-electron chi connectivity index (χ3n) is 2.31. The second-order valence-electron chi connectivity index (χ2n) is 3.44. The van der Waals surface area contributed by atoms with E-state index in [9.17, 15) is 0 Å². The number of nitrogens with two attached hydrogens (primary N) is 1. The summed E-state index contributed by atoms with van der Waals surface area (Å²) in [7, 11) is 0. The number of rotatable bonds is 4. The fourth-order valence-electron chi connectivity index (χ4n) is 1.57. The molecule has 0 saturated carbocycles. The van der Waals surface area contributed by atoms with Crippen LogP contribution in [-0.4, -0.2) is 11.7 Å². The van der Waals surface area contributed by atoms with Gasteiger partial charge >= 0.3 is 0 Å². The molecule has 0 radical (unpaired) electrons. The molecule has 0 aromatic heterocycles. The fraction of sp³-hybridized carbons (Fsp3) is 0.455. The maximum absolute atomic E-state index is 8.71. The Bertz CT molecular complexity index is 281. The molecule has 1 aromatic rings. The van der Waals surface area contributed by atoms with Gasteiger partial charge in [-0.3, -0.25) is 0 Å². The van der Waals surface area contributed by atoms with Gasteiger partial charge in [-0.25, -0.2) is 0 Å². The summed E-state index contributed by atoms with van der Waals surface area (Å²) in [5.41, 5.74) is 8.10. The summed E-state index contributed by atoms with van der Waals surface area (Å²) in [5, 5.41) is 9.43. The summed E-state index contributed by atoms with van der Waals surface area (Å²) in [5.74, 6) is 0. The van der Waals surface area contributed by atoms with Gasteiger partial charge in [0.05, 0.1) is 0 Å². The van der Waals surface area contributed by atoms with Crippen LogP contribution in [0.15, 0.2) is 18.2 Å². The molecule has 0 heterocycles. The van der Waals surface area contributed by atoms with Crippen LogP contribution < -0.4 is 5.73 Å². The molecule has 0 amide bonds. The van der Waals surface area contributed by atoms with Gasteiger partial charge in [-0.2, -0.15) is 0 Å². The molecule has 0 aliphatic carbocycles. The van der Waals surface area contributed by atoms with Gasteiger partial charge in [0.25, 0.3) is 0 Å². The Hall–Kier alpha value is -0.570. The second kappa shape index (κ2) is 5.35. The number of hydrogen-bond donors (Lipinski definition) is 2.